The maximum Gasteiger partial charge on any atom is 0.316 e. The SMILES string of the molecule is CC(C)(C)[C@@H]1Nc2nnc(o2)CC/C=C/c2cccc(c2)-c2nc3ccccc3nc2O[C@@H]2C[C@@H](C(=O)N[C@]3(C(=O)NS(=O)(=O)C4CC4)C[C@H]3C(F)F)N(C2)C1=O. The van der Waals surface area contributed by atoms with Gasteiger partial charge in [-0.3, -0.25) is 19.1 Å². The van der Waals surface area contributed by atoms with Crippen LogP contribution >= 0.6 is 0 Å². The average molecular weight is 805 g/mol. The molecule has 4 aliphatic rings. The summed E-state index contributed by atoms with van der Waals surface area (Å²) >= 11 is 0. The minimum Gasteiger partial charge on any atom is -0.471 e. The Kier molecular flexibility index (Phi) is 9.72. The lowest BCUT2D eigenvalue weighted by atomic mass is 9.85. The number of ether oxygens (including phenoxy) is 1. The summed E-state index contributed by atoms with van der Waals surface area (Å²) in [7, 11) is -4.13. The van der Waals surface area contributed by atoms with Crippen molar-refractivity contribution >= 4 is 50.9 Å². The van der Waals surface area contributed by atoms with Crippen molar-refractivity contribution in [2.24, 2.45) is 11.3 Å². The van der Waals surface area contributed by atoms with Gasteiger partial charge in [0.05, 0.1) is 28.7 Å². The molecule has 15 nitrogen and oxygen atoms in total. The molecule has 18 heteroatoms. The molecule has 300 valence electrons. The first-order valence-corrected chi connectivity index (χ1v) is 20.4. The van der Waals surface area contributed by atoms with E-state index in [1.165, 1.54) is 4.90 Å². The first kappa shape index (κ1) is 38.4. The summed E-state index contributed by atoms with van der Waals surface area (Å²) in [5.74, 6) is -3.88. The second kappa shape index (κ2) is 14.5. The molecule has 6 bridgehead atoms. The van der Waals surface area contributed by atoms with Crippen LogP contribution in [-0.2, 0) is 30.8 Å². The van der Waals surface area contributed by atoms with E-state index in [1.54, 1.807) is 26.8 Å². The van der Waals surface area contributed by atoms with Crippen LogP contribution in [0.5, 0.6) is 5.88 Å². The number of allylic oxidation sites excluding steroid dienone is 1. The molecule has 0 spiro atoms. The fourth-order valence-corrected chi connectivity index (χ4v) is 8.76. The fourth-order valence-electron chi connectivity index (χ4n) is 7.39. The molecule has 0 unspecified atom stereocenters. The number of carbonyl (C=O) groups excluding carboxylic acids is 3. The van der Waals surface area contributed by atoms with E-state index in [1.807, 2.05) is 59.3 Å². The standard InChI is InChI=1S/C39H42F2N8O7S/c1-38(2,3)31-35(51)49-20-23(18-28(49)33(50)45-39(19-25(39)32(40)41)36(52)48-57(53,54)24-15-16-24)55-34-30(42-26-12-5-6-13-27(26)43-34)22-11-8-10-21(17-22)9-4-7-14-29-46-47-37(44-31)56-29/h4-6,8-13,17,23-25,28,31-32H,7,14-16,18-20H2,1-3H3,(H,44,47)(H,45,50)(H,48,52)/b9-4+/t23-,25+,28+,31-,39-/m1/s1. The third kappa shape index (κ3) is 7.78. The second-order valence-electron chi connectivity index (χ2n) is 16.1. The molecule has 2 saturated carbocycles. The largest absolute Gasteiger partial charge is 0.471 e. The van der Waals surface area contributed by atoms with E-state index in [0.29, 0.717) is 53.9 Å². The fraction of sp³-hybridized carbons (Fsp3) is 0.462. The number of hydrogen-bond acceptors (Lipinski definition) is 12. The van der Waals surface area contributed by atoms with Crippen LogP contribution in [0.15, 0.2) is 59.0 Å². The molecular formula is C39H42F2N8O7S. The number of hydrogen-bond donors (Lipinski definition) is 3. The van der Waals surface area contributed by atoms with Gasteiger partial charge < -0.3 is 24.7 Å². The number of nitrogens with zero attached hydrogens (tertiary/aromatic N) is 5. The van der Waals surface area contributed by atoms with Crippen molar-refractivity contribution in [2.75, 3.05) is 11.9 Å². The summed E-state index contributed by atoms with van der Waals surface area (Å²) in [4.78, 5) is 53.6. The van der Waals surface area contributed by atoms with Gasteiger partial charge in [0.15, 0.2) is 0 Å². The molecule has 0 radical (unpaired) electrons. The van der Waals surface area contributed by atoms with Crippen LogP contribution in [0, 0.1) is 11.3 Å². The predicted octanol–water partition coefficient (Wildman–Crippen LogP) is 4.26. The summed E-state index contributed by atoms with van der Waals surface area (Å²) in [6, 6.07) is 12.5. The summed E-state index contributed by atoms with van der Waals surface area (Å²) < 4.78 is 68.2. The molecule has 1 saturated heterocycles. The quantitative estimate of drug-likeness (QED) is 0.251. The van der Waals surface area contributed by atoms with Gasteiger partial charge in [-0.1, -0.05) is 68.4 Å². The molecule has 3 amide bonds. The summed E-state index contributed by atoms with van der Waals surface area (Å²) in [6.07, 6.45) is 1.07. The van der Waals surface area contributed by atoms with E-state index < -0.39 is 80.9 Å². The van der Waals surface area contributed by atoms with Gasteiger partial charge in [-0.25, -0.2) is 27.2 Å². The number of carbonyl (C=O) groups is 3. The lowest BCUT2D eigenvalue weighted by Gasteiger charge is -2.35. The highest BCUT2D eigenvalue weighted by Crippen LogP contribution is 2.48. The number of sulfonamides is 1. The zero-order valence-electron chi connectivity index (χ0n) is 31.4. The van der Waals surface area contributed by atoms with Crippen molar-refractivity contribution in [2.45, 2.75) is 94.7 Å². The van der Waals surface area contributed by atoms with Crippen molar-refractivity contribution in [1.29, 1.82) is 0 Å². The van der Waals surface area contributed by atoms with Crippen molar-refractivity contribution in [3.8, 4) is 17.1 Å². The van der Waals surface area contributed by atoms with Gasteiger partial charge in [-0.2, -0.15) is 0 Å². The summed E-state index contributed by atoms with van der Waals surface area (Å²) in [6.45, 7) is 5.27. The molecule has 2 aromatic heterocycles. The van der Waals surface area contributed by atoms with E-state index in [4.69, 9.17) is 19.1 Å². The van der Waals surface area contributed by atoms with Gasteiger partial charge in [0.2, 0.25) is 40.0 Å². The van der Waals surface area contributed by atoms with Gasteiger partial charge in [-0.15, -0.1) is 5.10 Å². The van der Waals surface area contributed by atoms with E-state index >= 15 is 0 Å². The monoisotopic (exact) mass is 804 g/mol. The number of aromatic nitrogens is 4. The average Bonchev–Trinajstić information content (AvgIpc) is 4.06. The molecular weight excluding hydrogens is 763 g/mol. The Bertz CT molecular complexity index is 2380. The number of para-hydroxylation sites is 2. The molecule has 3 fully saturated rings. The molecule has 2 aliphatic carbocycles. The van der Waals surface area contributed by atoms with Gasteiger partial charge in [0.1, 0.15) is 29.4 Å². The Labute approximate surface area is 327 Å². The molecule has 4 aromatic rings. The van der Waals surface area contributed by atoms with Crippen molar-refractivity contribution in [3.63, 3.8) is 0 Å². The number of nitrogens with one attached hydrogen (secondary N) is 3. The van der Waals surface area contributed by atoms with Gasteiger partial charge in [-0.05, 0) is 54.9 Å². The van der Waals surface area contributed by atoms with E-state index in [9.17, 15) is 31.6 Å². The van der Waals surface area contributed by atoms with Crippen molar-refractivity contribution in [3.05, 3.63) is 66.1 Å². The van der Waals surface area contributed by atoms with Gasteiger partial charge >= 0.3 is 6.01 Å². The lowest BCUT2D eigenvalue weighted by Crippen LogP contribution is -2.59. The first-order valence-electron chi connectivity index (χ1n) is 18.9. The lowest BCUT2D eigenvalue weighted by molar-refractivity contribution is -0.141. The third-order valence-corrected chi connectivity index (χ3v) is 12.6. The van der Waals surface area contributed by atoms with Crippen LogP contribution in [0.1, 0.15) is 64.3 Å². The van der Waals surface area contributed by atoms with Gasteiger partial charge in [0.25, 0.3) is 5.91 Å². The Morgan fingerprint density at radius 1 is 1.05 bits per heavy atom. The molecule has 3 N–H and O–H groups in total. The Morgan fingerprint density at radius 2 is 1.81 bits per heavy atom. The van der Waals surface area contributed by atoms with Crippen LogP contribution in [0.25, 0.3) is 28.4 Å². The number of fused-ring (bicyclic) bond motifs is 9. The number of anilines is 1. The maximum absolute atomic E-state index is 14.7. The van der Waals surface area contributed by atoms with E-state index in [0.717, 1.165) is 5.56 Å². The molecule has 57 heavy (non-hydrogen) atoms. The number of halogens is 2. The smallest absolute Gasteiger partial charge is 0.316 e. The van der Waals surface area contributed by atoms with Crippen molar-refractivity contribution in [1.82, 2.24) is 35.1 Å². The number of aryl methyl sites for hydroxylation is 1. The number of rotatable bonds is 6. The number of amides is 3. The van der Waals surface area contributed by atoms with Crippen LogP contribution in [-0.4, -0.2) is 93.2 Å². The maximum atomic E-state index is 14.7. The minimum atomic E-state index is -4.13. The Morgan fingerprint density at radius 3 is 2.51 bits per heavy atom. The molecule has 4 heterocycles. The highest BCUT2D eigenvalue weighted by molar-refractivity contribution is 7.91. The molecule has 8 rings (SSSR count). The predicted molar refractivity (Wildman–Crippen MR) is 203 cm³/mol. The Hall–Kier alpha value is -5.52. The van der Waals surface area contributed by atoms with Crippen molar-refractivity contribution < 1.29 is 40.7 Å². The molecule has 2 aliphatic heterocycles. The van der Waals surface area contributed by atoms with E-state index in [-0.39, 0.29) is 24.9 Å². The van der Waals surface area contributed by atoms with Gasteiger partial charge in [0, 0.05) is 18.4 Å². The summed E-state index contributed by atoms with van der Waals surface area (Å²) in [5.41, 5.74) is 0.151. The zero-order valence-corrected chi connectivity index (χ0v) is 32.3. The van der Waals surface area contributed by atoms with Crippen LogP contribution in [0.4, 0.5) is 14.8 Å². The van der Waals surface area contributed by atoms with Crippen LogP contribution in [0.2, 0.25) is 0 Å². The zero-order chi connectivity index (χ0) is 40.3. The highest BCUT2D eigenvalue weighted by Gasteiger charge is 2.67. The molecule has 2 aromatic carbocycles. The number of alkyl halides is 2. The van der Waals surface area contributed by atoms with Crippen LogP contribution in [0.3, 0.4) is 0 Å². The van der Waals surface area contributed by atoms with Crippen LogP contribution < -0.4 is 20.1 Å². The molecule has 5 atom stereocenters. The Balaban J connectivity index is 1.18. The highest BCUT2D eigenvalue weighted by atomic mass is 32.2. The third-order valence-electron chi connectivity index (χ3n) is 10.8. The normalized spacial score (nSPS) is 25.6. The second-order valence-corrected chi connectivity index (χ2v) is 18.1. The topological polar surface area (TPSA) is 199 Å². The minimum absolute atomic E-state index is 0.0118. The van der Waals surface area contributed by atoms with E-state index in [2.05, 4.69) is 20.8 Å². The first-order chi connectivity index (χ1) is 27.1. The number of benzene rings is 2. The summed E-state index contributed by atoms with van der Waals surface area (Å²) in [5, 5.41) is 13.0.